The van der Waals surface area contributed by atoms with Crippen molar-refractivity contribution in [2.75, 3.05) is 150 Å². The van der Waals surface area contributed by atoms with Crippen LogP contribution in [0, 0.1) is 29.6 Å². The molecule has 4 heterocycles. The molecule has 5 rings (SSSR count). The normalized spacial score (nSPS) is 22.6. The molecular formula is C67H105N11O24S2. The summed E-state index contributed by atoms with van der Waals surface area (Å²) in [6.45, 7) is 9.00. The first-order valence-corrected chi connectivity index (χ1v) is 37.2. The van der Waals surface area contributed by atoms with Gasteiger partial charge in [-0.1, -0.05) is 34.1 Å². The van der Waals surface area contributed by atoms with Crippen LogP contribution in [0.15, 0.2) is 29.1 Å². The van der Waals surface area contributed by atoms with Crippen molar-refractivity contribution in [3.8, 4) is 5.75 Å². The molecule has 3 aliphatic heterocycles. The first-order valence-electron chi connectivity index (χ1n) is 34.7. The summed E-state index contributed by atoms with van der Waals surface area (Å²) in [5, 5.41) is 59.4. The number of thioether (sulfide) groups is 1. The van der Waals surface area contributed by atoms with Crippen LogP contribution in [-0.2, 0) is 109 Å². The Hall–Kier alpha value is -7.43. The van der Waals surface area contributed by atoms with Crippen molar-refractivity contribution < 1.29 is 115 Å². The quantitative estimate of drug-likeness (QED) is 0.0288. The highest BCUT2D eigenvalue weighted by Crippen LogP contribution is 2.37. The van der Waals surface area contributed by atoms with Crippen molar-refractivity contribution in [2.24, 2.45) is 41.1 Å². The number of methoxy groups -OCH3 is 1. The number of carboxylic acids is 1. The van der Waals surface area contributed by atoms with Crippen molar-refractivity contribution in [3.05, 3.63) is 35.2 Å². The van der Waals surface area contributed by atoms with E-state index in [2.05, 4.69) is 42.2 Å². The molecular weight excluding hydrogens is 1410 g/mol. The molecule has 0 radical (unpaired) electrons. The topological polar surface area (TPSA) is 515 Å². The van der Waals surface area contributed by atoms with Gasteiger partial charge < -0.3 is 117 Å². The number of carbonyl (C=O) groups excluding carboxylic acids is 10. The van der Waals surface area contributed by atoms with E-state index in [1.54, 1.807) is 32.2 Å². The van der Waals surface area contributed by atoms with Crippen LogP contribution in [0.25, 0.3) is 10.9 Å². The summed E-state index contributed by atoms with van der Waals surface area (Å²) >= 11 is 1.45. The fourth-order valence-electron chi connectivity index (χ4n) is 11.5. The third-order valence-electron chi connectivity index (χ3n) is 17.6. The zero-order chi connectivity index (χ0) is 76.3. The maximum Gasteiger partial charge on any atom is 0.304 e. The van der Waals surface area contributed by atoms with E-state index in [0.717, 1.165) is 4.90 Å². The van der Waals surface area contributed by atoms with Crippen LogP contribution in [0.3, 0.4) is 0 Å². The van der Waals surface area contributed by atoms with Gasteiger partial charge in [0.15, 0.2) is 11.6 Å². The van der Waals surface area contributed by atoms with Crippen molar-refractivity contribution in [1.29, 1.82) is 0 Å². The van der Waals surface area contributed by atoms with Gasteiger partial charge in [0.1, 0.15) is 28.9 Å². The summed E-state index contributed by atoms with van der Waals surface area (Å²) in [4.78, 5) is 155. The zero-order valence-electron chi connectivity index (χ0n) is 59.7. The number of nitrogens with zero attached hydrogens (tertiary/aromatic N) is 1. The summed E-state index contributed by atoms with van der Waals surface area (Å²) in [5.74, 6) is -14.3. The van der Waals surface area contributed by atoms with Gasteiger partial charge in [-0.05, 0) is 30.0 Å². The molecule has 104 heavy (non-hydrogen) atoms. The number of aliphatic hydroxyl groups is 3. The van der Waals surface area contributed by atoms with Gasteiger partial charge in [0, 0.05) is 90.4 Å². The second-order valence-electron chi connectivity index (χ2n) is 25.4. The molecule has 35 nitrogen and oxygen atoms in total. The first-order chi connectivity index (χ1) is 49.8. The van der Waals surface area contributed by atoms with Crippen molar-refractivity contribution in [2.45, 2.75) is 120 Å². The Morgan fingerprint density at radius 1 is 0.779 bits per heavy atom. The standard InChI is InChI=1S/C67H105N11O24S2/c1-6-39(2)47-28-44(80)33-72-62(89)42-26-48-46-7-8-55(95-5)49(37-103-24-23-102-22-21-101-20-19-100-18-17-99-16-15-98-14-13-97-12-11-96-10-9-70-31-43(68)32-71-61(88)40(3)25-58(86)87)60(46)77-66(48)104(94)38-51(74-57(85)34-73-63(47)90)64(91)75-50(30-56(69)84)67(93)78-35-45(81)29-52(78)65(92)76-59(53(82)27-42)41(4)54(83)36-79/h7-8,31,39-42,45,47,50-52,54,59,70,77,79,81,83H,6,9-30,32-38,68H2,1-5H3,(H2,69,84)(H,71,88)(H,72,89)(H,73,90)(H,74,85)(H,75,91)(H,76,92)(H,86,87)/b43-31-/t39-,40?,41-,42+,45+,47-,50-,51+,52-,54-,59-,104?/m0/s1. The molecule has 584 valence electrons. The van der Waals surface area contributed by atoms with Crippen LogP contribution in [0.2, 0.25) is 0 Å². The van der Waals surface area contributed by atoms with E-state index < -0.39 is 199 Å². The van der Waals surface area contributed by atoms with Crippen LogP contribution >= 0.6 is 11.8 Å². The highest BCUT2D eigenvalue weighted by molar-refractivity contribution is 7.98. The van der Waals surface area contributed by atoms with Crippen molar-refractivity contribution in [3.63, 3.8) is 0 Å². The molecule has 2 aromatic rings. The minimum Gasteiger partial charge on any atom is -0.496 e. The molecule has 2 bridgehead atoms. The Morgan fingerprint density at radius 2 is 1.38 bits per heavy atom. The summed E-state index contributed by atoms with van der Waals surface area (Å²) in [6, 6.07) is -3.68. The molecule has 12 atom stereocenters. The van der Waals surface area contributed by atoms with Gasteiger partial charge in [0.05, 0.1) is 179 Å². The van der Waals surface area contributed by atoms with Crippen molar-refractivity contribution >= 4 is 98.3 Å². The number of fused-ring (bicyclic) bond motifs is 5. The summed E-state index contributed by atoms with van der Waals surface area (Å²) in [7, 11) is -0.969. The molecule has 3 aliphatic rings. The number of carboxylic acid groups (broad SMARTS) is 1. The number of H-pyrrole nitrogens is 1. The Kier molecular flexibility index (Phi) is 39.0. The van der Waals surface area contributed by atoms with Crippen LogP contribution in [0.1, 0.15) is 77.3 Å². The number of ether oxygens (including phenoxy) is 8. The Morgan fingerprint density at radius 3 is 1.97 bits per heavy atom. The van der Waals surface area contributed by atoms with Gasteiger partial charge in [0.25, 0.3) is 0 Å². The number of nitrogens with two attached hydrogens (primary N) is 2. The third kappa shape index (κ3) is 29.1. The second-order valence-corrected chi connectivity index (χ2v) is 28.0. The summed E-state index contributed by atoms with van der Waals surface area (Å²) < 4.78 is 60.4. The number of nitrogens with one attached hydrogen (secondary N) is 8. The molecule has 1 fully saturated rings. The smallest absolute Gasteiger partial charge is 0.304 e. The number of amides is 8. The predicted molar refractivity (Wildman–Crippen MR) is 376 cm³/mol. The molecule has 37 heteroatoms. The number of hydrogen-bond donors (Lipinski definition) is 14. The maximum absolute atomic E-state index is 15.4. The average molecular weight is 1510 g/mol. The molecule has 1 saturated heterocycles. The molecule has 1 aromatic heterocycles. The Balaban J connectivity index is 1.21. The number of hydrogen-bond acceptors (Lipinski definition) is 26. The van der Waals surface area contributed by atoms with Crippen LogP contribution in [0.5, 0.6) is 5.75 Å². The number of aliphatic carboxylic acids is 1. The van der Waals surface area contributed by atoms with E-state index in [1.165, 1.54) is 32.7 Å². The maximum atomic E-state index is 15.4. The minimum atomic E-state index is -2.41. The highest BCUT2D eigenvalue weighted by atomic mass is 32.2. The molecule has 1 aromatic carbocycles. The number of aromatic nitrogens is 1. The lowest BCUT2D eigenvalue weighted by Crippen LogP contribution is -2.60. The number of Topliss-reactive ketones (excluding diaryl/α,β-unsaturated/α-hetero) is 2. The number of rotatable bonds is 40. The van der Waals surface area contributed by atoms with E-state index in [-0.39, 0.29) is 48.9 Å². The number of carbonyl (C=O) groups is 11. The van der Waals surface area contributed by atoms with E-state index in [4.69, 9.17) is 54.5 Å². The average Bonchev–Trinajstić information content (AvgIpc) is 1.61. The monoisotopic (exact) mass is 1510 g/mol. The Bertz CT molecular complexity index is 3240. The van der Waals surface area contributed by atoms with Crippen LogP contribution in [0.4, 0.5) is 0 Å². The molecule has 2 unspecified atom stereocenters. The largest absolute Gasteiger partial charge is 0.496 e. The van der Waals surface area contributed by atoms with Crippen LogP contribution in [-0.4, -0.2) is 286 Å². The van der Waals surface area contributed by atoms with Crippen molar-refractivity contribution in [1.82, 2.24) is 47.1 Å². The highest BCUT2D eigenvalue weighted by Gasteiger charge is 2.45. The molecule has 0 saturated carbocycles. The van der Waals surface area contributed by atoms with E-state index in [9.17, 15) is 63.3 Å². The lowest BCUT2D eigenvalue weighted by atomic mass is 9.85. The van der Waals surface area contributed by atoms with E-state index >= 15 is 9.00 Å². The molecule has 8 amide bonds. The number of aromatic amines is 1. The lowest BCUT2D eigenvalue weighted by molar-refractivity contribution is -0.144. The van der Waals surface area contributed by atoms with E-state index in [0.29, 0.717) is 126 Å². The predicted octanol–water partition coefficient (Wildman–Crippen LogP) is -3.47. The summed E-state index contributed by atoms with van der Waals surface area (Å²) in [5.41, 5.74) is 13.0. The fraction of sp³-hybridized carbons (Fsp3) is 0.687. The SMILES string of the molecule is CC[C@H](C)[C@@H]1CC(=O)CNC(=O)[C@H]2CC(=O)[C@H]([C@@H](C)[C@@H](O)CO)NC(=O)[C@@H]3C[C@@H](O)CN3C(=O)[C@H](CC(N)=O)NC(=O)[C@@H](CS(=O)c3[nH]c4c(CSCCOCCOCCOCCOCCOCCOCCOCCN/C=C(\N)CNC(=O)C(C)CC(=O)O)c(OC)ccc4c3C2)NC(=O)CNC1=O. The number of primary amides is 1. The Labute approximate surface area is 610 Å². The number of aliphatic hydroxyl groups excluding tert-OH is 3. The van der Waals surface area contributed by atoms with Gasteiger partial charge in [-0.15, -0.1) is 0 Å². The van der Waals surface area contributed by atoms with Gasteiger partial charge in [-0.25, -0.2) is 0 Å². The molecule has 0 spiro atoms. The number of benzene rings is 1. The molecule has 0 aliphatic carbocycles. The number of ketones is 2. The van der Waals surface area contributed by atoms with Gasteiger partial charge in [0.2, 0.25) is 47.3 Å². The third-order valence-corrected chi connectivity index (χ3v) is 20.0. The van der Waals surface area contributed by atoms with Gasteiger partial charge in [-0.2, -0.15) is 11.8 Å². The summed E-state index contributed by atoms with van der Waals surface area (Å²) in [6.07, 6.45) is -4.11. The van der Waals surface area contributed by atoms with Gasteiger partial charge >= 0.3 is 5.97 Å². The van der Waals surface area contributed by atoms with E-state index in [1.807, 2.05) is 0 Å². The fourth-order valence-corrected chi connectivity index (χ4v) is 13.8. The van der Waals surface area contributed by atoms with Gasteiger partial charge in [-0.3, -0.25) is 56.9 Å². The molecule has 16 N–H and O–H groups in total. The second kappa shape index (κ2) is 46.5. The minimum absolute atomic E-state index is 0.0837. The van der Waals surface area contributed by atoms with Crippen LogP contribution < -0.4 is 53.4 Å². The zero-order valence-corrected chi connectivity index (χ0v) is 61.3. The lowest BCUT2D eigenvalue weighted by Gasteiger charge is -2.32. The first kappa shape index (κ1) is 87.2.